The van der Waals surface area contributed by atoms with Gasteiger partial charge in [0.2, 0.25) is 0 Å². The number of aromatic nitrogens is 3. The van der Waals surface area contributed by atoms with Crippen molar-refractivity contribution in [1.82, 2.24) is 15.0 Å². The lowest BCUT2D eigenvalue weighted by Crippen LogP contribution is -2.08. The summed E-state index contributed by atoms with van der Waals surface area (Å²) in [5, 5.41) is 4.86. The number of hydrogen-bond donors (Lipinski definition) is 1. The van der Waals surface area contributed by atoms with E-state index in [1.807, 2.05) is 13.8 Å². The molecule has 17 heavy (non-hydrogen) atoms. The Labute approximate surface area is 109 Å². The molecule has 4 nitrogen and oxygen atoms in total. The van der Waals surface area contributed by atoms with Crippen molar-refractivity contribution in [2.24, 2.45) is 0 Å². The van der Waals surface area contributed by atoms with Gasteiger partial charge in [-0.05, 0) is 20.8 Å². The van der Waals surface area contributed by atoms with E-state index in [1.54, 1.807) is 17.5 Å². The summed E-state index contributed by atoms with van der Waals surface area (Å²) < 4.78 is 0. The van der Waals surface area contributed by atoms with E-state index < -0.39 is 0 Å². The van der Waals surface area contributed by atoms with Crippen LogP contribution in [0.15, 0.2) is 12.5 Å². The van der Waals surface area contributed by atoms with Gasteiger partial charge < -0.3 is 5.32 Å². The van der Waals surface area contributed by atoms with Gasteiger partial charge in [0.15, 0.2) is 0 Å². The van der Waals surface area contributed by atoms with E-state index in [1.165, 1.54) is 11.2 Å². The number of halogens is 1. The Kier molecular flexibility index (Phi) is 3.59. The van der Waals surface area contributed by atoms with Crippen LogP contribution in [0.2, 0.25) is 5.02 Å². The maximum absolute atomic E-state index is 6.00. The van der Waals surface area contributed by atoms with Crippen LogP contribution in [-0.4, -0.2) is 15.0 Å². The van der Waals surface area contributed by atoms with Crippen molar-refractivity contribution in [1.29, 1.82) is 0 Å². The first-order valence-electron chi connectivity index (χ1n) is 5.24. The number of nitrogens with one attached hydrogen (secondary N) is 1. The average molecular weight is 269 g/mol. The second-order valence-corrected chi connectivity index (χ2v) is 5.41. The van der Waals surface area contributed by atoms with Crippen LogP contribution in [0.3, 0.4) is 0 Å². The van der Waals surface area contributed by atoms with Gasteiger partial charge in [0, 0.05) is 4.88 Å². The van der Waals surface area contributed by atoms with Crippen LogP contribution in [0.4, 0.5) is 5.82 Å². The molecule has 0 aliphatic heterocycles. The highest BCUT2D eigenvalue weighted by Gasteiger charge is 2.14. The molecule has 1 unspecified atom stereocenters. The summed E-state index contributed by atoms with van der Waals surface area (Å²) in [5.74, 6) is 0.652. The predicted octanol–water partition coefficient (Wildman–Crippen LogP) is 3.38. The summed E-state index contributed by atoms with van der Waals surface area (Å²) in [6, 6.07) is 0.133. The number of thiazole rings is 1. The summed E-state index contributed by atoms with van der Waals surface area (Å²) in [6.45, 7) is 6.09. The van der Waals surface area contributed by atoms with Crippen LogP contribution >= 0.6 is 22.9 Å². The van der Waals surface area contributed by atoms with Crippen molar-refractivity contribution < 1.29 is 0 Å². The normalized spacial score (nSPS) is 12.5. The van der Waals surface area contributed by atoms with Gasteiger partial charge in [-0.1, -0.05) is 11.6 Å². The predicted molar refractivity (Wildman–Crippen MR) is 70.7 cm³/mol. The van der Waals surface area contributed by atoms with Gasteiger partial charge in [-0.15, -0.1) is 11.3 Å². The Balaban J connectivity index is 2.20. The number of nitrogens with zero attached hydrogens (tertiary/aromatic N) is 3. The van der Waals surface area contributed by atoms with E-state index in [0.717, 1.165) is 10.7 Å². The Morgan fingerprint density at radius 2 is 2.18 bits per heavy atom. The van der Waals surface area contributed by atoms with E-state index in [0.29, 0.717) is 10.8 Å². The molecular weight excluding hydrogens is 256 g/mol. The summed E-state index contributed by atoms with van der Waals surface area (Å²) in [5.41, 5.74) is 1.05. The highest BCUT2D eigenvalue weighted by atomic mass is 35.5. The van der Waals surface area contributed by atoms with Crippen molar-refractivity contribution in [3.05, 3.63) is 33.1 Å². The highest BCUT2D eigenvalue weighted by molar-refractivity contribution is 7.11. The fraction of sp³-hybridized carbons (Fsp3) is 0.364. The summed E-state index contributed by atoms with van der Waals surface area (Å²) in [7, 11) is 0. The van der Waals surface area contributed by atoms with Crippen molar-refractivity contribution in [2.75, 3.05) is 5.32 Å². The molecule has 0 saturated carbocycles. The lowest BCUT2D eigenvalue weighted by Gasteiger charge is -2.13. The molecule has 0 saturated heterocycles. The molecule has 2 rings (SSSR count). The molecule has 0 amide bonds. The van der Waals surface area contributed by atoms with Crippen LogP contribution in [-0.2, 0) is 0 Å². The Morgan fingerprint density at radius 3 is 2.76 bits per heavy atom. The minimum Gasteiger partial charge on any atom is -0.361 e. The van der Waals surface area contributed by atoms with Gasteiger partial charge in [0.1, 0.15) is 17.2 Å². The number of hydrogen-bond acceptors (Lipinski definition) is 5. The molecule has 0 spiro atoms. The molecule has 90 valence electrons. The van der Waals surface area contributed by atoms with E-state index in [2.05, 4.69) is 27.2 Å². The van der Waals surface area contributed by atoms with Crippen LogP contribution in [0.1, 0.15) is 28.5 Å². The lowest BCUT2D eigenvalue weighted by molar-refractivity contribution is 0.877. The van der Waals surface area contributed by atoms with Crippen molar-refractivity contribution in [3.63, 3.8) is 0 Å². The first-order chi connectivity index (χ1) is 8.08. The van der Waals surface area contributed by atoms with Crippen LogP contribution in [0, 0.1) is 13.8 Å². The molecule has 2 heterocycles. The standard InChI is InChI=1S/C11H13ClN4S/c1-6-10(17-8(3)15-6)7(2)16-11-9(12)4-13-5-14-11/h4-5,7H,1-3H3,(H,13,14,16). The zero-order valence-corrected chi connectivity index (χ0v) is 11.4. The number of aryl methyl sites for hydroxylation is 2. The molecule has 0 radical (unpaired) electrons. The zero-order chi connectivity index (χ0) is 12.4. The van der Waals surface area contributed by atoms with Crippen LogP contribution in [0.25, 0.3) is 0 Å². The molecule has 2 aromatic heterocycles. The smallest absolute Gasteiger partial charge is 0.148 e. The molecule has 0 aliphatic rings. The summed E-state index contributed by atoms with van der Waals surface area (Å²) in [4.78, 5) is 13.6. The maximum Gasteiger partial charge on any atom is 0.148 e. The highest BCUT2D eigenvalue weighted by Crippen LogP contribution is 2.28. The van der Waals surface area contributed by atoms with Gasteiger partial charge >= 0.3 is 0 Å². The van der Waals surface area contributed by atoms with Gasteiger partial charge in [0.05, 0.1) is 22.9 Å². The largest absolute Gasteiger partial charge is 0.361 e. The molecule has 0 fully saturated rings. The third-order valence-corrected chi connectivity index (χ3v) is 3.89. The minimum atomic E-state index is 0.133. The van der Waals surface area contributed by atoms with Crippen LogP contribution in [0.5, 0.6) is 0 Å². The van der Waals surface area contributed by atoms with E-state index in [4.69, 9.17) is 11.6 Å². The number of anilines is 1. The zero-order valence-electron chi connectivity index (χ0n) is 9.86. The molecule has 6 heteroatoms. The van der Waals surface area contributed by atoms with Gasteiger partial charge in [-0.3, -0.25) is 0 Å². The second-order valence-electron chi connectivity index (χ2n) is 3.77. The average Bonchev–Trinajstić information content (AvgIpc) is 2.61. The molecule has 0 bridgehead atoms. The monoisotopic (exact) mass is 268 g/mol. The quantitative estimate of drug-likeness (QED) is 0.927. The molecular formula is C11H13ClN4S. The fourth-order valence-electron chi connectivity index (χ4n) is 1.64. The Morgan fingerprint density at radius 1 is 1.41 bits per heavy atom. The first kappa shape index (κ1) is 12.3. The molecule has 2 aromatic rings. The van der Waals surface area contributed by atoms with E-state index in [9.17, 15) is 0 Å². The fourth-order valence-corrected chi connectivity index (χ4v) is 2.73. The molecule has 0 aromatic carbocycles. The van der Waals surface area contributed by atoms with Gasteiger partial charge in [-0.2, -0.15) is 0 Å². The summed E-state index contributed by atoms with van der Waals surface area (Å²) >= 11 is 7.69. The molecule has 1 atom stereocenters. The van der Waals surface area contributed by atoms with Crippen molar-refractivity contribution >= 4 is 28.8 Å². The van der Waals surface area contributed by atoms with Gasteiger partial charge in [-0.25, -0.2) is 15.0 Å². The van der Waals surface area contributed by atoms with Gasteiger partial charge in [0.25, 0.3) is 0 Å². The van der Waals surface area contributed by atoms with E-state index >= 15 is 0 Å². The van der Waals surface area contributed by atoms with E-state index in [-0.39, 0.29) is 6.04 Å². The Bertz CT molecular complexity index is 526. The first-order valence-corrected chi connectivity index (χ1v) is 6.43. The maximum atomic E-state index is 6.00. The van der Waals surface area contributed by atoms with Crippen LogP contribution < -0.4 is 5.32 Å². The molecule has 1 N–H and O–H groups in total. The summed E-state index contributed by atoms with van der Waals surface area (Å²) in [6.07, 6.45) is 3.06. The third kappa shape index (κ3) is 2.73. The second kappa shape index (κ2) is 4.98. The van der Waals surface area contributed by atoms with Crippen molar-refractivity contribution in [3.8, 4) is 0 Å². The Hall–Kier alpha value is -1.20. The number of rotatable bonds is 3. The molecule has 0 aliphatic carbocycles. The SMILES string of the molecule is Cc1nc(C)c(C(C)Nc2ncncc2Cl)s1. The van der Waals surface area contributed by atoms with Crippen molar-refractivity contribution in [2.45, 2.75) is 26.8 Å². The lowest BCUT2D eigenvalue weighted by atomic mass is 10.2. The topological polar surface area (TPSA) is 50.7 Å². The third-order valence-electron chi connectivity index (χ3n) is 2.35. The minimum absolute atomic E-state index is 0.133.